The molecular weight excluding hydrogens is 234 g/mol. The average molecular weight is 256 g/mol. The van der Waals surface area contributed by atoms with Crippen molar-refractivity contribution in [3.05, 3.63) is 17.0 Å². The molecule has 96 valence electrons. The van der Waals surface area contributed by atoms with Gasteiger partial charge in [-0.3, -0.25) is 0 Å². The molecule has 3 nitrogen and oxygen atoms in total. The van der Waals surface area contributed by atoms with Crippen LogP contribution in [0.15, 0.2) is 6.20 Å². The molecule has 4 heteroatoms. The summed E-state index contributed by atoms with van der Waals surface area (Å²) in [6, 6.07) is 0. The molecule has 17 heavy (non-hydrogen) atoms. The van der Waals surface area contributed by atoms with Gasteiger partial charge in [0.15, 0.2) is 0 Å². The van der Waals surface area contributed by atoms with E-state index in [9.17, 15) is 0 Å². The molecule has 0 saturated carbocycles. The summed E-state index contributed by atoms with van der Waals surface area (Å²) in [4.78, 5) is 8.19. The van der Waals surface area contributed by atoms with Crippen molar-refractivity contribution in [3.63, 3.8) is 0 Å². The van der Waals surface area contributed by atoms with E-state index in [0.717, 1.165) is 17.8 Å². The minimum Gasteiger partial charge on any atom is -0.365 e. The standard InChI is InChI=1S/C13H22ClN3/c1-9-7-15-11(14)16-10(9)17-13(5,6)8-12(2,3)4/h7H,8H2,1-6H3,(H,15,16,17). The van der Waals surface area contributed by atoms with Crippen molar-refractivity contribution in [2.75, 3.05) is 5.32 Å². The molecule has 0 aliphatic rings. The lowest BCUT2D eigenvalue weighted by Gasteiger charge is -2.34. The van der Waals surface area contributed by atoms with Gasteiger partial charge in [-0.1, -0.05) is 20.8 Å². The van der Waals surface area contributed by atoms with E-state index in [1.807, 2.05) is 6.92 Å². The van der Waals surface area contributed by atoms with Crippen LogP contribution in [0.25, 0.3) is 0 Å². The molecule has 0 fully saturated rings. The topological polar surface area (TPSA) is 37.8 Å². The second kappa shape index (κ2) is 4.81. The van der Waals surface area contributed by atoms with Crippen LogP contribution < -0.4 is 5.32 Å². The number of anilines is 1. The predicted molar refractivity (Wildman–Crippen MR) is 73.6 cm³/mol. The lowest BCUT2D eigenvalue weighted by molar-refractivity contribution is 0.302. The third kappa shape index (κ3) is 4.90. The van der Waals surface area contributed by atoms with Gasteiger partial charge in [0.1, 0.15) is 5.82 Å². The van der Waals surface area contributed by atoms with Crippen molar-refractivity contribution in [1.82, 2.24) is 9.97 Å². The number of hydrogen-bond acceptors (Lipinski definition) is 3. The molecule has 0 unspecified atom stereocenters. The number of aryl methyl sites for hydroxylation is 1. The van der Waals surface area contributed by atoms with Crippen molar-refractivity contribution >= 4 is 17.4 Å². The molecule has 0 radical (unpaired) electrons. The maximum atomic E-state index is 5.82. The molecule has 0 amide bonds. The van der Waals surface area contributed by atoms with Crippen LogP contribution in [0, 0.1) is 12.3 Å². The Hall–Kier alpha value is -0.830. The smallest absolute Gasteiger partial charge is 0.224 e. The maximum absolute atomic E-state index is 5.82. The molecule has 0 atom stereocenters. The highest BCUT2D eigenvalue weighted by atomic mass is 35.5. The van der Waals surface area contributed by atoms with E-state index in [1.165, 1.54) is 0 Å². The first kappa shape index (κ1) is 14.2. The van der Waals surface area contributed by atoms with E-state index in [-0.39, 0.29) is 16.2 Å². The van der Waals surface area contributed by atoms with Gasteiger partial charge in [-0.05, 0) is 44.2 Å². The molecule has 1 N–H and O–H groups in total. The van der Waals surface area contributed by atoms with E-state index in [4.69, 9.17) is 11.6 Å². The first-order valence-electron chi connectivity index (χ1n) is 5.86. The fourth-order valence-electron chi connectivity index (χ4n) is 2.24. The van der Waals surface area contributed by atoms with Crippen LogP contribution in [0.4, 0.5) is 5.82 Å². The first-order chi connectivity index (χ1) is 7.59. The molecule has 0 spiro atoms. The van der Waals surface area contributed by atoms with E-state index >= 15 is 0 Å². The molecular formula is C13H22ClN3. The summed E-state index contributed by atoms with van der Waals surface area (Å²) >= 11 is 5.82. The number of halogens is 1. The number of aromatic nitrogens is 2. The number of nitrogens with one attached hydrogen (secondary N) is 1. The van der Waals surface area contributed by atoms with Crippen LogP contribution >= 0.6 is 11.6 Å². The third-order valence-electron chi connectivity index (χ3n) is 2.37. The summed E-state index contributed by atoms with van der Waals surface area (Å²) in [6.45, 7) is 13.0. The Balaban J connectivity index is 2.86. The largest absolute Gasteiger partial charge is 0.365 e. The van der Waals surface area contributed by atoms with E-state index in [1.54, 1.807) is 6.20 Å². The molecule has 1 heterocycles. The fourth-order valence-corrected chi connectivity index (χ4v) is 2.37. The van der Waals surface area contributed by atoms with Gasteiger partial charge in [0.25, 0.3) is 0 Å². The summed E-state index contributed by atoms with van der Waals surface area (Å²) in [5, 5.41) is 3.73. The quantitative estimate of drug-likeness (QED) is 0.828. The van der Waals surface area contributed by atoms with Crippen LogP contribution in [-0.2, 0) is 0 Å². The minimum atomic E-state index is -0.0271. The lowest BCUT2D eigenvalue weighted by atomic mass is 9.82. The van der Waals surface area contributed by atoms with E-state index < -0.39 is 0 Å². The summed E-state index contributed by atoms with van der Waals surface area (Å²) in [5.74, 6) is 0.819. The fraction of sp³-hybridized carbons (Fsp3) is 0.692. The summed E-state index contributed by atoms with van der Waals surface area (Å²) in [6.07, 6.45) is 2.78. The molecule has 0 aromatic carbocycles. The molecule has 1 rings (SSSR count). The molecule has 0 bridgehead atoms. The monoisotopic (exact) mass is 255 g/mol. The molecule has 1 aromatic heterocycles. The Kier molecular flexibility index (Phi) is 4.03. The van der Waals surface area contributed by atoms with Gasteiger partial charge in [-0.2, -0.15) is 0 Å². The van der Waals surface area contributed by atoms with Gasteiger partial charge < -0.3 is 5.32 Å². The lowest BCUT2D eigenvalue weighted by Crippen LogP contribution is -2.36. The normalized spacial score (nSPS) is 12.6. The van der Waals surface area contributed by atoms with Crippen LogP contribution in [0.1, 0.15) is 46.6 Å². The maximum Gasteiger partial charge on any atom is 0.224 e. The Morgan fingerprint density at radius 1 is 1.24 bits per heavy atom. The highest BCUT2D eigenvalue weighted by molar-refractivity contribution is 6.28. The van der Waals surface area contributed by atoms with Crippen LogP contribution in [-0.4, -0.2) is 15.5 Å². The Morgan fingerprint density at radius 2 is 1.82 bits per heavy atom. The highest BCUT2D eigenvalue weighted by Crippen LogP contribution is 2.30. The van der Waals surface area contributed by atoms with Gasteiger partial charge in [0, 0.05) is 17.3 Å². The van der Waals surface area contributed by atoms with E-state index in [2.05, 4.69) is 49.9 Å². The van der Waals surface area contributed by atoms with Crippen molar-refractivity contribution in [2.45, 2.75) is 53.5 Å². The highest BCUT2D eigenvalue weighted by Gasteiger charge is 2.26. The Bertz CT molecular complexity index is 394. The number of rotatable bonds is 3. The summed E-state index contributed by atoms with van der Waals surface area (Å²) in [5.41, 5.74) is 1.25. The summed E-state index contributed by atoms with van der Waals surface area (Å²) in [7, 11) is 0. The second-order valence-corrected chi connectivity index (χ2v) is 6.76. The summed E-state index contributed by atoms with van der Waals surface area (Å²) < 4.78 is 0. The van der Waals surface area contributed by atoms with Gasteiger partial charge in [0.05, 0.1) is 0 Å². The van der Waals surface area contributed by atoms with Crippen LogP contribution in [0.5, 0.6) is 0 Å². The van der Waals surface area contributed by atoms with E-state index in [0.29, 0.717) is 0 Å². The zero-order valence-electron chi connectivity index (χ0n) is 11.6. The van der Waals surface area contributed by atoms with Crippen molar-refractivity contribution in [2.24, 2.45) is 5.41 Å². The number of nitrogens with zero attached hydrogens (tertiary/aromatic N) is 2. The van der Waals surface area contributed by atoms with Crippen molar-refractivity contribution in [3.8, 4) is 0 Å². The zero-order chi connectivity index (χ0) is 13.3. The van der Waals surface area contributed by atoms with Gasteiger partial charge in [-0.25, -0.2) is 9.97 Å². The molecule has 1 aromatic rings. The van der Waals surface area contributed by atoms with Gasteiger partial charge in [0.2, 0.25) is 5.28 Å². The predicted octanol–water partition coefficient (Wildman–Crippen LogP) is 4.07. The average Bonchev–Trinajstić information content (AvgIpc) is 2.06. The second-order valence-electron chi connectivity index (χ2n) is 6.42. The first-order valence-corrected chi connectivity index (χ1v) is 6.24. The van der Waals surface area contributed by atoms with Crippen molar-refractivity contribution in [1.29, 1.82) is 0 Å². The number of hydrogen-bond donors (Lipinski definition) is 1. The van der Waals surface area contributed by atoms with Gasteiger partial charge in [-0.15, -0.1) is 0 Å². The third-order valence-corrected chi connectivity index (χ3v) is 2.55. The van der Waals surface area contributed by atoms with Crippen molar-refractivity contribution < 1.29 is 0 Å². The zero-order valence-corrected chi connectivity index (χ0v) is 12.3. The van der Waals surface area contributed by atoms with Crippen LogP contribution in [0.3, 0.4) is 0 Å². The minimum absolute atomic E-state index is 0.0271. The molecule has 0 aliphatic carbocycles. The van der Waals surface area contributed by atoms with Gasteiger partial charge >= 0.3 is 0 Å². The Morgan fingerprint density at radius 3 is 2.35 bits per heavy atom. The van der Waals surface area contributed by atoms with Crippen LogP contribution in [0.2, 0.25) is 5.28 Å². The molecule has 0 saturated heterocycles. The molecule has 0 aliphatic heterocycles. The Labute approximate surface area is 109 Å². The SMILES string of the molecule is Cc1cnc(Cl)nc1NC(C)(C)CC(C)(C)C.